The molecule has 0 saturated carbocycles. The van der Waals surface area contributed by atoms with Crippen molar-refractivity contribution in [3.8, 4) is 0 Å². The van der Waals surface area contributed by atoms with Crippen molar-refractivity contribution in [1.29, 1.82) is 0 Å². The van der Waals surface area contributed by atoms with Crippen LogP contribution in [-0.2, 0) is 15.6 Å². The molecule has 0 saturated heterocycles. The van der Waals surface area contributed by atoms with E-state index >= 15 is 0 Å². The molecule has 5 N–H and O–H groups in total. The molecule has 0 aromatic heterocycles. The first kappa shape index (κ1) is 55.6. The van der Waals surface area contributed by atoms with Gasteiger partial charge in [0, 0.05) is 60.4 Å². The Morgan fingerprint density at radius 3 is 2.03 bits per heavy atom. The zero-order valence-corrected chi connectivity index (χ0v) is 39.9. The molecule has 1 amide bonds. The Bertz CT molecular complexity index is 1640. The van der Waals surface area contributed by atoms with Gasteiger partial charge in [-0.3, -0.25) is 4.79 Å². The fraction of sp³-hybridized carbons (Fsp3) is 0.532. The topological polar surface area (TPSA) is 85.4 Å². The Balaban J connectivity index is 0.00000812. The number of amides is 1. The van der Waals surface area contributed by atoms with Crippen LogP contribution in [0.15, 0.2) is 96.8 Å². The molecule has 326 valence electrons. The lowest BCUT2D eigenvalue weighted by atomic mass is 9.81. The van der Waals surface area contributed by atoms with Gasteiger partial charge in [-0.2, -0.15) is 4.58 Å². The van der Waals surface area contributed by atoms with Crippen LogP contribution in [-0.4, -0.2) is 68.6 Å². The standard InChI is InChI=1S/C47H70N6O.BrH.3ClH/c1-6-7-37-52-41-26-17-15-24-39(41)46(2,3)43(52)28-12-9-8-10-13-29-44-47(4,5)40-25-16-18-27-42(40)53(44)38-21-11-14-30-45(54)51-36-23-35-50-33-20-19-32-49-34-22-31-48;;;;/h8-10,12-13,15-18,24-29,49-50H,6-7,11,14,19-23,30-38,48H2,1-5H3;4*1H. The zero-order chi connectivity index (χ0) is 38.7. The van der Waals surface area contributed by atoms with Gasteiger partial charge in [0.05, 0.1) is 5.41 Å². The van der Waals surface area contributed by atoms with Crippen LogP contribution in [0.1, 0.15) is 110 Å². The van der Waals surface area contributed by atoms with Gasteiger partial charge in [-0.25, -0.2) is 0 Å². The van der Waals surface area contributed by atoms with Gasteiger partial charge in [-0.1, -0.05) is 94.0 Å². The number of para-hydroxylation sites is 2. The minimum absolute atomic E-state index is 0. The second-order valence-corrected chi connectivity index (χ2v) is 15.9. The molecule has 0 bridgehead atoms. The smallest absolute Gasteiger partial charge is 0.219 e. The largest absolute Gasteiger partial charge is 1.00 e. The molecule has 4 rings (SSSR count). The molecule has 11 heteroatoms. The Labute approximate surface area is 380 Å². The van der Waals surface area contributed by atoms with Gasteiger partial charge in [0.25, 0.3) is 0 Å². The molecule has 58 heavy (non-hydrogen) atoms. The van der Waals surface area contributed by atoms with Crippen molar-refractivity contribution in [2.24, 2.45) is 5.73 Å². The second-order valence-electron chi connectivity index (χ2n) is 15.9. The van der Waals surface area contributed by atoms with E-state index < -0.39 is 0 Å². The maximum absolute atomic E-state index is 12.5. The summed E-state index contributed by atoms with van der Waals surface area (Å²) in [6.07, 6.45) is 25.7. The maximum Gasteiger partial charge on any atom is 0.219 e. The summed E-state index contributed by atoms with van der Waals surface area (Å²) >= 11 is 0. The normalized spacial score (nSPS) is 15.6. The van der Waals surface area contributed by atoms with Crippen LogP contribution in [0.2, 0.25) is 0 Å². The predicted octanol–water partition coefficient (Wildman–Crippen LogP) is 6.86. The molecule has 0 aliphatic carbocycles. The Hall–Kier alpha value is -2.43. The van der Waals surface area contributed by atoms with E-state index in [9.17, 15) is 4.79 Å². The fourth-order valence-electron chi connectivity index (χ4n) is 7.80. The van der Waals surface area contributed by atoms with Crippen molar-refractivity contribution in [2.45, 2.75) is 110 Å². The summed E-state index contributed by atoms with van der Waals surface area (Å²) in [7, 11) is 0. The summed E-state index contributed by atoms with van der Waals surface area (Å²) in [6, 6.07) is 17.7. The number of carbonyl (C=O) groups excluding carboxylic acids is 1. The number of nitrogens with two attached hydrogens (primary N) is 1. The first-order valence-corrected chi connectivity index (χ1v) is 20.9. The molecule has 2 aromatic rings. The minimum Gasteiger partial charge on any atom is -1.00 e. The van der Waals surface area contributed by atoms with E-state index in [1.54, 1.807) is 0 Å². The van der Waals surface area contributed by atoms with Gasteiger partial charge in [0.15, 0.2) is 5.71 Å². The average molecular weight is 925 g/mol. The lowest BCUT2D eigenvalue weighted by molar-refractivity contribution is -0.438. The number of hydrogen-bond donors (Lipinski definition) is 4. The number of hydrogen-bond acceptors (Lipinski definition) is 5. The fourth-order valence-corrected chi connectivity index (χ4v) is 7.80. The summed E-state index contributed by atoms with van der Waals surface area (Å²) in [4.78, 5) is 15.0. The van der Waals surface area contributed by atoms with Crippen molar-refractivity contribution in [3.05, 3.63) is 108 Å². The van der Waals surface area contributed by atoms with Gasteiger partial charge in [0.1, 0.15) is 6.54 Å². The van der Waals surface area contributed by atoms with Gasteiger partial charge < -0.3 is 43.6 Å². The highest BCUT2D eigenvalue weighted by Gasteiger charge is 2.43. The van der Waals surface area contributed by atoms with Crippen LogP contribution in [0.4, 0.5) is 11.4 Å². The van der Waals surface area contributed by atoms with E-state index in [2.05, 4.69) is 151 Å². The second kappa shape index (κ2) is 29.7. The highest BCUT2D eigenvalue weighted by molar-refractivity contribution is 6.03. The number of benzene rings is 2. The molecule has 0 unspecified atom stereocenters. The lowest BCUT2D eigenvalue weighted by Crippen LogP contribution is -3.00. The third-order valence-corrected chi connectivity index (χ3v) is 10.9. The van der Waals surface area contributed by atoms with Crippen LogP contribution in [0.5, 0.6) is 0 Å². The molecule has 2 heterocycles. The quantitative estimate of drug-likeness (QED) is 0.0498. The molecule has 2 aliphatic rings. The molecule has 0 spiro atoms. The van der Waals surface area contributed by atoms with Crippen LogP contribution in [0.25, 0.3) is 0 Å². The monoisotopic (exact) mass is 922 g/mol. The molecule has 0 fully saturated rings. The Morgan fingerprint density at radius 1 is 0.707 bits per heavy atom. The number of carbonyl (C=O) groups is 1. The SMILES string of the molecule is CCCCN1/C(=C/C=C/C=C/C=C/C2=[N+](CCCCCC(=O)NCCCNCCCCNCCCN)c3ccccc3C2(C)C)C(C)(C)c2ccccc21.Cl.Cl.Cl.[Br-]. The number of nitrogens with one attached hydrogen (secondary N) is 3. The lowest BCUT2D eigenvalue weighted by Gasteiger charge is -2.27. The average Bonchev–Trinajstić information content (AvgIpc) is 3.51. The highest BCUT2D eigenvalue weighted by Crippen LogP contribution is 2.47. The van der Waals surface area contributed by atoms with E-state index in [-0.39, 0.29) is 70.9 Å². The van der Waals surface area contributed by atoms with Gasteiger partial charge in [-0.05, 0) is 109 Å². The number of nitrogens with zero attached hydrogens (tertiary/aromatic N) is 2. The number of allylic oxidation sites excluding steroid dienone is 8. The zero-order valence-electron chi connectivity index (χ0n) is 35.9. The maximum atomic E-state index is 12.5. The van der Waals surface area contributed by atoms with Crippen LogP contribution in [0, 0.1) is 0 Å². The van der Waals surface area contributed by atoms with Crippen LogP contribution in [0.3, 0.4) is 0 Å². The summed E-state index contributed by atoms with van der Waals surface area (Å²) in [5.41, 5.74) is 13.5. The molecular formula is C47H74BrCl3N6O. The van der Waals surface area contributed by atoms with Crippen molar-refractivity contribution < 1.29 is 26.4 Å². The molecule has 2 aliphatic heterocycles. The number of unbranched alkanes of at least 4 members (excludes halogenated alkanes) is 4. The van der Waals surface area contributed by atoms with Crippen molar-refractivity contribution in [3.63, 3.8) is 0 Å². The molecular weight excluding hydrogens is 851 g/mol. The molecule has 0 atom stereocenters. The van der Waals surface area contributed by atoms with Crippen LogP contribution >= 0.6 is 37.2 Å². The van der Waals surface area contributed by atoms with Gasteiger partial charge in [0.2, 0.25) is 11.6 Å². The van der Waals surface area contributed by atoms with Gasteiger partial charge >= 0.3 is 0 Å². The van der Waals surface area contributed by atoms with E-state index in [4.69, 9.17) is 5.73 Å². The number of halogens is 4. The van der Waals surface area contributed by atoms with Crippen molar-refractivity contribution in [1.82, 2.24) is 16.0 Å². The number of anilines is 1. The van der Waals surface area contributed by atoms with Crippen molar-refractivity contribution >= 4 is 60.2 Å². The first-order valence-electron chi connectivity index (χ1n) is 20.9. The molecule has 7 nitrogen and oxygen atoms in total. The van der Waals surface area contributed by atoms with Gasteiger partial charge in [-0.15, -0.1) is 37.2 Å². The molecule has 0 radical (unpaired) electrons. The number of fused-ring (bicyclic) bond motifs is 2. The van der Waals surface area contributed by atoms with E-state index in [1.807, 2.05) is 0 Å². The summed E-state index contributed by atoms with van der Waals surface area (Å²) < 4.78 is 2.50. The summed E-state index contributed by atoms with van der Waals surface area (Å²) in [5.74, 6) is 0.171. The predicted molar refractivity (Wildman–Crippen MR) is 253 cm³/mol. The minimum atomic E-state index is -0.0808. The Morgan fingerprint density at radius 2 is 1.33 bits per heavy atom. The summed E-state index contributed by atoms with van der Waals surface area (Å²) in [6.45, 7) is 19.1. The van der Waals surface area contributed by atoms with E-state index in [1.165, 1.54) is 59.6 Å². The third-order valence-electron chi connectivity index (χ3n) is 10.9. The Kier molecular flexibility index (Phi) is 28.5. The van der Waals surface area contributed by atoms with E-state index in [0.29, 0.717) is 6.42 Å². The van der Waals surface area contributed by atoms with Crippen LogP contribution < -0.4 is 43.6 Å². The molecule has 2 aromatic carbocycles. The highest BCUT2D eigenvalue weighted by atomic mass is 79.9. The van der Waals surface area contributed by atoms with Crippen molar-refractivity contribution in [2.75, 3.05) is 57.3 Å². The first-order chi connectivity index (χ1) is 26.2. The third kappa shape index (κ3) is 16.2. The van der Waals surface area contributed by atoms with E-state index in [0.717, 1.165) is 84.5 Å². The number of rotatable bonds is 25. The summed E-state index contributed by atoms with van der Waals surface area (Å²) in [5, 5.41) is 10.0.